The first kappa shape index (κ1) is 18.7. The summed E-state index contributed by atoms with van der Waals surface area (Å²) in [7, 11) is 7.17. The van der Waals surface area contributed by atoms with Crippen molar-refractivity contribution in [3.8, 4) is 0 Å². The number of halogens is 2. The summed E-state index contributed by atoms with van der Waals surface area (Å²) in [6.45, 7) is 0. The molecule has 0 bridgehead atoms. The van der Waals surface area contributed by atoms with Crippen LogP contribution in [0.4, 0.5) is 11.4 Å². The molecule has 2 nitrogen and oxygen atoms in total. The van der Waals surface area contributed by atoms with E-state index in [0.717, 1.165) is 0 Å². The first-order valence-electron chi connectivity index (χ1n) is 7.31. The van der Waals surface area contributed by atoms with Gasteiger partial charge in [-0.2, -0.15) is 10.0 Å². The van der Waals surface area contributed by atoms with Gasteiger partial charge in [-0.15, -0.1) is 0 Å². The smallest absolute Gasteiger partial charge is 0.0372 e. The minimum Gasteiger partial charge on any atom is -0.378 e. The highest BCUT2D eigenvalue weighted by Gasteiger charge is 2.24. The first-order valence-corrected chi connectivity index (χ1v) is 11.4. The van der Waals surface area contributed by atoms with Crippen LogP contribution >= 0.6 is 41.9 Å². The van der Waals surface area contributed by atoms with Crippen LogP contribution < -0.4 is 9.80 Å². The van der Waals surface area contributed by atoms with E-state index < -0.39 is 10.0 Å². The fraction of sp³-hybridized carbons (Fsp3) is 0.333. The molecule has 0 saturated heterocycles. The number of anilines is 2. The Kier molecular flexibility index (Phi) is 5.75. The molecule has 0 aliphatic carbocycles. The highest BCUT2D eigenvalue weighted by Crippen LogP contribution is 2.61. The normalized spacial score (nSPS) is 12.2. The summed E-state index contributed by atoms with van der Waals surface area (Å²) >= 11 is 7.52. The van der Waals surface area contributed by atoms with Gasteiger partial charge in [0, 0.05) is 58.3 Å². The second-order valence-corrected chi connectivity index (χ2v) is 11.6. The average Bonchev–Trinajstić information content (AvgIpc) is 2.47. The van der Waals surface area contributed by atoms with Crippen molar-refractivity contribution in [1.29, 1.82) is 0 Å². The topological polar surface area (TPSA) is 6.48 Å². The molecule has 0 amide bonds. The molecule has 23 heavy (non-hydrogen) atoms. The first-order chi connectivity index (χ1) is 10.6. The summed E-state index contributed by atoms with van der Waals surface area (Å²) in [4.78, 5) is 7.02. The zero-order valence-corrected chi connectivity index (χ0v) is 18.5. The quantitative estimate of drug-likeness (QED) is 0.567. The van der Waals surface area contributed by atoms with Gasteiger partial charge < -0.3 is 9.80 Å². The van der Waals surface area contributed by atoms with Gasteiger partial charge in [0.1, 0.15) is 0 Å². The van der Waals surface area contributed by atoms with Crippen LogP contribution in [0.15, 0.2) is 55.1 Å². The molecule has 5 heteroatoms. The van der Waals surface area contributed by atoms with Crippen LogP contribution in [0.5, 0.6) is 0 Å². The van der Waals surface area contributed by atoms with E-state index in [1.165, 1.54) is 30.1 Å². The van der Waals surface area contributed by atoms with Gasteiger partial charge in [-0.3, -0.25) is 0 Å². The maximum atomic E-state index is 3.76. The van der Waals surface area contributed by atoms with Gasteiger partial charge in [0.2, 0.25) is 0 Å². The predicted molar refractivity (Wildman–Crippen MR) is 113 cm³/mol. The molecule has 2 aromatic rings. The maximum Gasteiger partial charge on any atom is 0.0372 e. The second-order valence-electron chi connectivity index (χ2n) is 6.35. The van der Waals surface area contributed by atoms with Crippen molar-refractivity contribution in [3.05, 3.63) is 45.3 Å². The third-order valence-electron chi connectivity index (χ3n) is 3.96. The fourth-order valence-electron chi connectivity index (χ4n) is 2.44. The molecular weight excluding hydrogens is 436 g/mol. The van der Waals surface area contributed by atoms with E-state index in [0.29, 0.717) is 0 Å². The Morgan fingerprint density at radius 1 is 0.696 bits per heavy atom. The maximum absolute atomic E-state index is 3.76. The molecule has 0 aliphatic rings. The lowest BCUT2D eigenvalue weighted by Crippen LogP contribution is -2.11. The van der Waals surface area contributed by atoms with Gasteiger partial charge in [0.15, 0.2) is 0 Å². The molecule has 2 aromatic carbocycles. The van der Waals surface area contributed by atoms with Gasteiger partial charge >= 0.3 is 0 Å². The third-order valence-corrected chi connectivity index (χ3v) is 8.74. The molecule has 0 aromatic heterocycles. The molecular formula is C18H24Br2N2S. The van der Waals surface area contributed by atoms with E-state index >= 15 is 0 Å². The van der Waals surface area contributed by atoms with Gasteiger partial charge in [0.05, 0.1) is 0 Å². The largest absolute Gasteiger partial charge is 0.378 e. The van der Waals surface area contributed by atoms with E-state index in [4.69, 9.17) is 0 Å². The van der Waals surface area contributed by atoms with Crippen molar-refractivity contribution in [2.24, 2.45) is 0 Å². The van der Waals surface area contributed by atoms with Crippen LogP contribution in [0, 0.1) is 0 Å². The minimum absolute atomic E-state index is 1.16. The molecule has 0 fully saturated rings. The summed E-state index contributed by atoms with van der Waals surface area (Å²) in [6.07, 6.45) is 4.71. The zero-order valence-electron chi connectivity index (χ0n) is 14.5. The summed E-state index contributed by atoms with van der Waals surface area (Å²) in [5, 5.41) is 0. The minimum atomic E-state index is -1.16. The Balaban J connectivity index is 2.62. The molecule has 0 spiro atoms. The Morgan fingerprint density at radius 3 is 1.35 bits per heavy atom. The van der Waals surface area contributed by atoms with Gasteiger partial charge in [-0.05, 0) is 80.8 Å². The standard InChI is InChI=1S/C18H24Br2N2S/c1-21(2)13-7-9-15(19)17(11-13)23(5,6)18-12-14(22(3)4)8-10-16(18)20/h7-12H,1-6H3. The van der Waals surface area contributed by atoms with Crippen molar-refractivity contribution in [1.82, 2.24) is 0 Å². The summed E-state index contributed by atoms with van der Waals surface area (Å²) in [5.74, 6) is 0. The number of rotatable bonds is 4. The van der Waals surface area contributed by atoms with Crippen molar-refractivity contribution in [2.75, 3.05) is 50.5 Å². The van der Waals surface area contributed by atoms with Crippen molar-refractivity contribution in [2.45, 2.75) is 9.79 Å². The SMILES string of the molecule is CN(C)c1ccc(Br)c(S(C)(C)c2cc(N(C)C)ccc2Br)c1. The zero-order chi connectivity index (χ0) is 17.4. The van der Waals surface area contributed by atoms with Crippen LogP contribution in [-0.4, -0.2) is 40.7 Å². The van der Waals surface area contributed by atoms with Crippen molar-refractivity contribution in [3.63, 3.8) is 0 Å². The van der Waals surface area contributed by atoms with E-state index in [-0.39, 0.29) is 0 Å². The van der Waals surface area contributed by atoms with Gasteiger partial charge in [-0.25, -0.2) is 0 Å². The summed E-state index contributed by atoms with van der Waals surface area (Å²) < 4.78 is 2.34. The van der Waals surface area contributed by atoms with Crippen LogP contribution in [0.25, 0.3) is 0 Å². The fourth-order valence-corrected chi connectivity index (χ4v) is 7.54. The lowest BCUT2D eigenvalue weighted by molar-refractivity contribution is 1.11. The van der Waals surface area contributed by atoms with E-state index in [1.54, 1.807) is 0 Å². The third kappa shape index (κ3) is 3.89. The highest BCUT2D eigenvalue weighted by molar-refractivity contribution is 9.11. The number of nitrogens with zero attached hydrogens (tertiary/aromatic N) is 2. The van der Waals surface area contributed by atoms with Gasteiger partial charge in [0.25, 0.3) is 0 Å². The van der Waals surface area contributed by atoms with Crippen LogP contribution in [0.3, 0.4) is 0 Å². The molecule has 2 rings (SSSR count). The molecule has 0 aliphatic heterocycles. The van der Waals surface area contributed by atoms with Crippen LogP contribution in [0.2, 0.25) is 0 Å². The van der Waals surface area contributed by atoms with Crippen LogP contribution in [0.1, 0.15) is 0 Å². The Morgan fingerprint density at radius 2 is 1.04 bits per heavy atom. The van der Waals surface area contributed by atoms with Crippen molar-refractivity contribution < 1.29 is 0 Å². The number of benzene rings is 2. The molecule has 0 heterocycles. The van der Waals surface area contributed by atoms with Gasteiger partial charge in [-0.1, -0.05) is 0 Å². The monoisotopic (exact) mass is 458 g/mol. The van der Waals surface area contributed by atoms with Crippen molar-refractivity contribution >= 4 is 53.3 Å². The van der Waals surface area contributed by atoms with E-state index in [1.807, 2.05) is 0 Å². The Bertz CT molecular complexity index is 653. The van der Waals surface area contributed by atoms with Crippen LogP contribution in [-0.2, 0) is 0 Å². The average molecular weight is 460 g/mol. The number of hydrogen-bond acceptors (Lipinski definition) is 2. The molecule has 0 N–H and O–H groups in total. The molecule has 0 radical (unpaired) electrons. The Labute approximate surface area is 158 Å². The molecule has 0 atom stereocenters. The summed E-state index contributed by atoms with van der Waals surface area (Å²) in [5.41, 5.74) is 2.45. The number of hydrogen-bond donors (Lipinski definition) is 0. The second kappa shape index (κ2) is 7.08. The Hall–Kier alpha value is -0.650. The summed E-state index contributed by atoms with van der Waals surface area (Å²) in [6, 6.07) is 13.2. The van der Waals surface area contributed by atoms with E-state index in [2.05, 4.69) is 119 Å². The lowest BCUT2D eigenvalue weighted by Gasteiger charge is -2.35. The molecule has 0 unspecified atom stereocenters. The lowest BCUT2D eigenvalue weighted by atomic mass is 10.3. The molecule has 126 valence electrons. The predicted octanol–water partition coefficient (Wildman–Crippen LogP) is 5.83. The highest BCUT2D eigenvalue weighted by atomic mass is 79.9. The molecule has 0 saturated carbocycles. The van der Waals surface area contributed by atoms with E-state index in [9.17, 15) is 0 Å².